The molecule has 0 radical (unpaired) electrons. The second-order valence-corrected chi connectivity index (χ2v) is 6.08. The van der Waals surface area contributed by atoms with Crippen LogP contribution in [0.2, 0.25) is 0 Å². The molecule has 0 aliphatic heterocycles. The Balaban J connectivity index is 2.88. The number of methoxy groups -OCH3 is 1. The van der Waals surface area contributed by atoms with Gasteiger partial charge in [-0.05, 0) is 41.3 Å². The number of carboxylic acid groups (broad SMARTS) is 1. The van der Waals surface area contributed by atoms with Crippen LogP contribution in [0, 0.1) is 5.41 Å². The molecule has 0 fully saturated rings. The van der Waals surface area contributed by atoms with Crippen molar-refractivity contribution < 1.29 is 14.6 Å². The van der Waals surface area contributed by atoms with Gasteiger partial charge in [-0.2, -0.15) is 0 Å². The highest BCUT2D eigenvalue weighted by Gasteiger charge is 2.29. The van der Waals surface area contributed by atoms with Crippen LogP contribution in [0.1, 0.15) is 25.8 Å². The number of aliphatic carboxylic acids is 1. The Morgan fingerprint density at radius 3 is 2.40 bits per heavy atom. The molecule has 5 heteroatoms. The number of carbonyl (C=O) groups is 1. The zero-order valence-electron chi connectivity index (χ0n) is 11.7. The summed E-state index contributed by atoms with van der Waals surface area (Å²) in [6.07, 6.45) is 1.65. The maximum atomic E-state index is 10.8. The van der Waals surface area contributed by atoms with Gasteiger partial charge in [-0.15, -0.1) is 11.6 Å². The molecule has 1 unspecified atom stereocenters. The van der Waals surface area contributed by atoms with Crippen molar-refractivity contribution in [2.45, 2.75) is 25.6 Å². The zero-order chi connectivity index (χ0) is 15.3. The van der Waals surface area contributed by atoms with Crippen LogP contribution in [0.5, 0.6) is 5.75 Å². The summed E-state index contributed by atoms with van der Waals surface area (Å²) in [4.78, 5) is 10.8. The van der Waals surface area contributed by atoms with Gasteiger partial charge < -0.3 is 9.84 Å². The minimum Gasteiger partial charge on any atom is -0.497 e. The van der Waals surface area contributed by atoms with Gasteiger partial charge in [0.1, 0.15) is 5.75 Å². The molecule has 20 heavy (non-hydrogen) atoms. The summed E-state index contributed by atoms with van der Waals surface area (Å²) in [6, 6.07) is 7.26. The average molecular weight is 317 g/mol. The van der Waals surface area contributed by atoms with Crippen LogP contribution in [0.3, 0.4) is 0 Å². The quantitative estimate of drug-likeness (QED) is 0.792. The zero-order valence-corrected chi connectivity index (χ0v) is 13.2. The molecule has 0 saturated heterocycles. The summed E-state index contributed by atoms with van der Waals surface area (Å²) >= 11 is 12.5. The summed E-state index contributed by atoms with van der Waals surface area (Å²) in [5.41, 5.74) is 0.226. The minimum atomic E-state index is -0.880. The fraction of sp³-hybridized carbons (Fsp3) is 0.400. The lowest BCUT2D eigenvalue weighted by Gasteiger charge is -2.26. The van der Waals surface area contributed by atoms with Crippen LogP contribution >= 0.6 is 23.2 Å². The van der Waals surface area contributed by atoms with E-state index in [-0.39, 0.29) is 6.42 Å². The van der Waals surface area contributed by atoms with Crippen molar-refractivity contribution in [3.63, 3.8) is 0 Å². The van der Waals surface area contributed by atoms with Gasteiger partial charge in [-0.25, -0.2) is 0 Å². The van der Waals surface area contributed by atoms with E-state index in [2.05, 4.69) is 0 Å². The van der Waals surface area contributed by atoms with E-state index < -0.39 is 16.8 Å². The van der Waals surface area contributed by atoms with Gasteiger partial charge in [0.25, 0.3) is 0 Å². The molecule has 1 atom stereocenters. The van der Waals surface area contributed by atoms with Gasteiger partial charge in [0, 0.05) is 5.03 Å². The molecule has 0 aliphatic carbocycles. The maximum absolute atomic E-state index is 10.8. The number of rotatable bonds is 6. The molecule has 0 saturated carbocycles. The normalized spacial score (nSPS) is 13.9. The Morgan fingerprint density at radius 2 is 1.95 bits per heavy atom. The van der Waals surface area contributed by atoms with Crippen molar-refractivity contribution in [3.8, 4) is 5.75 Å². The molecule has 1 rings (SSSR count). The Morgan fingerprint density at radius 1 is 1.40 bits per heavy atom. The summed E-state index contributed by atoms with van der Waals surface area (Å²) in [5, 5.41) is 8.89. The van der Waals surface area contributed by atoms with Gasteiger partial charge in [0.05, 0.1) is 18.9 Å². The number of benzene rings is 1. The lowest BCUT2D eigenvalue weighted by Crippen LogP contribution is -2.26. The highest BCUT2D eigenvalue weighted by Crippen LogP contribution is 2.33. The topological polar surface area (TPSA) is 46.5 Å². The van der Waals surface area contributed by atoms with E-state index in [1.165, 1.54) is 0 Å². The SMILES string of the molecule is COc1ccc(C(Cl)=CC(Cl)C(C)(C)CC(=O)O)cc1. The fourth-order valence-electron chi connectivity index (χ4n) is 1.69. The number of carboxylic acids is 1. The minimum absolute atomic E-state index is 0.0234. The monoisotopic (exact) mass is 316 g/mol. The smallest absolute Gasteiger partial charge is 0.303 e. The van der Waals surface area contributed by atoms with E-state index in [1.54, 1.807) is 39.2 Å². The van der Waals surface area contributed by atoms with Crippen LogP contribution in [-0.4, -0.2) is 23.6 Å². The Bertz CT molecular complexity index is 492. The predicted molar refractivity (Wildman–Crippen MR) is 82.5 cm³/mol. The van der Waals surface area contributed by atoms with Crippen molar-refractivity contribution >= 4 is 34.2 Å². The first-order valence-electron chi connectivity index (χ1n) is 6.14. The van der Waals surface area contributed by atoms with E-state index in [9.17, 15) is 4.79 Å². The van der Waals surface area contributed by atoms with E-state index in [1.807, 2.05) is 12.1 Å². The Kier molecular flexibility index (Phi) is 5.90. The third kappa shape index (κ3) is 4.73. The lowest BCUT2D eigenvalue weighted by atomic mass is 9.85. The average Bonchev–Trinajstić information content (AvgIpc) is 2.37. The molecule has 0 aliphatic rings. The molecule has 1 aromatic rings. The van der Waals surface area contributed by atoms with Gasteiger partial charge in [0.15, 0.2) is 0 Å². The summed E-state index contributed by atoms with van der Waals surface area (Å²) in [5.74, 6) is -0.138. The third-order valence-electron chi connectivity index (χ3n) is 3.01. The van der Waals surface area contributed by atoms with Crippen molar-refractivity contribution in [2.75, 3.05) is 7.11 Å². The van der Waals surface area contributed by atoms with Crippen molar-refractivity contribution in [1.82, 2.24) is 0 Å². The van der Waals surface area contributed by atoms with Gasteiger partial charge in [-0.1, -0.05) is 25.4 Å². The largest absolute Gasteiger partial charge is 0.497 e. The van der Waals surface area contributed by atoms with Crippen molar-refractivity contribution in [1.29, 1.82) is 0 Å². The Hall–Kier alpha value is -1.19. The maximum Gasteiger partial charge on any atom is 0.303 e. The van der Waals surface area contributed by atoms with Crippen LogP contribution in [0.4, 0.5) is 0 Å². The molecule has 110 valence electrons. The first-order valence-corrected chi connectivity index (χ1v) is 6.95. The molecule has 0 bridgehead atoms. The van der Waals surface area contributed by atoms with E-state index >= 15 is 0 Å². The highest BCUT2D eigenvalue weighted by atomic mass is 35.5. The summed E-state index contributed by atoms with van der Waals surface area (Å²) in [6.45, 7) is 3.60. The van der Waals surface area contributed by atoms with E-state index in [0.717, 1.165) is 11.3 Å². The van der Waals surface area contributed by atoms with Gasteiger partial charge in [-0.3, -0.25) is 4.79 Å². The van der Waals surface area contributed by atoms with Crippen LogP contribution in [0.25, 0.3) is 5.03 Å². The number of hydrogen-bond acceptors (Lipinski definition) is 2. The number of hydrogen-bond donors (Lipinski definition) is 1. The van der Waals surface area contributed by atoms with Crippen molar-refractivity contribution in [2.24, 2.45) is 5.41 Å². The van der Waals surface area contributed by atoms with E-state index in [4.69, 9.17) is 33.0 Å². The number of allylic oxidation sites excluding steroid dienone is 1. The molecule has 1 aromatic carbocycles. The molecule has 0 heterocycles. The molecular weight excluding hydrogens is 299 g/mol. The predicted octanol–water partition coefficient (Wildman–Crippen LogP) is 4.38. The van der Waals surface area contributed by atoms with Gasteiger partial charge >= 0.3 is 5.97 Å². The first-order chi connectivity index (χ1) is 9.26. The van der Waals surface area contributed by atoms with Crippen LogP contribution in [-0.2, 0) is 4.79 Å². The second-order valence-electron chi connectivity index (χ2n) is 5.20. The first kappa shape index (κ1) is 16.9. The molecule has 3 nitrogen and oxygen atoms in total. The number of halogens is 2. The number of ether oxygens (including phenoxy) is 1. The van der Waals surface area contributed by atoms with Crippen molar-refractivity contribution in [3.05, 3.63) is 35.9 Å². The molecule has 0 amide bonds. The third-order valence-corrected chi connectivity index (χ3v) is 4.07. The number of alkyl halides is 1. The highest BCUT2D eigenvalue weighted by molar-refractivity contribution is 6.49. The molecule has 0 spiro atoms. The summed E-state index contributed by atoms with van der Waals surface area (Å²) in [7, 11) is 1.59. The molecule has 1 N–H and O–H groups in total. The van der Waals surface area contributed by atoms with Crippen LogP contribution in [0.15, 0.2) is 30.3 Å². The second kappa shape index (κ2) is 7.00. The van der Waals surface area contributed by atoms with E-state index in [0.29, 0.717) is 5.03 Å². The van der Waals surface area contributed by atoms with Gasteiger partial charge in [0.2, 0.25) is 0 Å². The molecule has 0 aromatic heterocycles. The molecular formula is C15H18Cl2O3. The standard InChI is InChI=1S/C15H18Cl2O3/c1-15(2,9-14(18)19)13(17)8-12(16)10-4-6-11(20-3)7-5-10/h4-8,13H,9H2,1-3H3,(H,18,19). The van der Waals surface area contributed by atoms with Crippen LogP contribution < -0.4 is 4.74 Å². The lowest BCUT2D eigenvalue weighted by molar-refractivity contribution is -0.139. The summed E-state index contributed by atoms with van der Waals surface area (Å²) < 4.78 is 5.07. The fourth-order valence-corrected chi connectivity index (χ4v) is 2.21. The Labute approximate surface area is 129 Å².